The van der Waals surface area contributed by atoms with E-state index >= 15 is 0 Å². The highest BCUT2D eigenvalue weighted by Crippen LogP contribution is 2.25. The van der Waals surface area contributed by atoms with Crippen molar-refractivity contribution in [2.24, 2.45) is 0 Å². The van der Waals surface area contributed by atoms with Crippen molar-refractivity contribution in [1.82, 2.24) is 9.29 Å². The first-order chi connectivity index (χ1) is 13.3. The van der Waals surface area contributed by atoms with Crippen LogP contribution >= 0.6 is 15.9 Å². The summed E-state index contributed by atoms with van der Waals surface area (Å²) < 4.78 is 69.2. The van der Waals surface area contributed by atoms with E-state index in [4.69, 9.17) is 0 Å². The monoisotopic (exact) mass is 470 g/mol. The van der Waals surface area contributed by atoms with Gasteiger partial charge in [0.25, 0.3) is 0 Å². The molecule has 0 radical (unpaired) electrons. The first-order valence-electron chi connectivity index (χ1n) is 8.06. The van der Waals surface area contributed by atoms with E-state index in [-0.39, 0.29) is 18.7 Å². The minimum Gasteiger partial charge on any atom is -0.260 e. The highest BCUT2D eigenvalue weighted by Gasteiger charge is 2.29. The van der Waals surface area contributed by atoms with Gasteiger partial charge in [-0.1, -0.05) is 28.1 Å². The predicted molar refractivity (Wildman–Crippen MR) is 101 cm³/mol. The van der Waals surface area contributed by atoms with Gasteiger partial charge >= 0.3 is 0 Å². The van der Waals surface area contributed by atoms with Crippen LogP contribution in [0.4, 0.5) is 13.2 Å². The summed E-state index contributed by atoms with van der Waals surface area (Å²) >= 11 is 3.14. The molecule has 0 atom stereocenters. The number of halogens is 4. The number of rotatable bonds is 6. The number of sulfonamides is 1. The van der Waals surface area contributed by atoms with Crippen LogP contribution in [0.25, 0.3) is 0 Å². The van der Waals surface area contributed by atoms with Gasteiger partial charge < -0.3 is 0 Å². The molecule has 0 aliphatic carbocycles. The van der Waals surface area contributed by atoms with Crippen LogP contribution in [-0.2, 0) is 23.1 Å². The van der Waals surface area contributed by atoms with Gasteiger partial charge in [0.1, 0.15) is 22.3 Å². The van der Waals surface area contributed by atoms with Crippen molar-refractivity contribution in [3.8, 4) is 0 Å². The SMILES string of the molecule is O=S(=O)(c1ccc(F)cc1F)N(Cc1ccccn1)Cc1ccc(Br)cc1F. The van der Waals surface area contributed by atoms with Gasteiger partial charge in [-0.15, -0.1) is 0 Å². The van der Waals surface area contributed by atoms with E-state index in [1.54, 1.807) is 24.3 Å². The standard InChI is InChI=1S/C19H14BrF3N2O2S/c20-14-5-4-13(17(22)9-14)11-25(12-16-3-1-2-8-24-16)28(26,27)19-7-6-15(21)10-18(19)23/h1-10H,11-12H2. The molecule has 28 heavy (non-hydrogen) atoms. The predicted octanol–water partition coefficient (Wildman–Crippen LogP) is 4.65. The molecular formula is C19H14BrF3N2O2S. The smallest absolute Gasteiger partial charge is 0.246 e. The quantitative estimate of drug-likeness (QED) is 0.526. The van der Waals surface area contributed by atoms with Crippen molar-refractivity contribution < 1.29 is 21.6 Å². The summed E-state index contributed by atoms with van der Waals surface area (Å²) in [6, 6.07) is 11.3. The third-order valence-electron chi connectivity index (χ3n) is 3.94. The average Bonchev–Trinajstić information content (AvgIpc) is 2.63. The molecule has 2 aromatic carbocycles. The van der Waals surface area contributed by atoms with E-state index in [2.05, 4.69) is 20.9 Å². The highest BCUT2D eigenvalue weighted by molar-refractivity contribution is 9.10. The molecule has 0 N–H and O–H groups in total. The average molecular weight is 471 g/mol. The molecule has 4 nitrogen and oxygen atoms in total. The van der Waals surface area contributed by atoms with Crippen molar-refractivity contribution in [2.75, 3.05) is 0 Å². The van der Waals surface area contributed by atoms with Crippen LogP contribution in [0.15, 0.2) is 70.2 Å². The molecular weight excluding hydrogens is 457 g/mol. The van der Waals surface area contributed by atoms with Crippen molar-refractivity contribution in [2.45, 2.75) is 18.0 Å². The van der Waals surface area contributed by atoms with Crippen LogP contribution < -0.4 is 0 Å². The van der Waals surface area contributed by atoms with Crippen LogP contribution in [0.5, 0.6) is 0 Å². The van der Waals surface area contributed by atoms with Crippen molar-refractivity contribution in [1.29, 1.82) is 0 Å². The van der Waals surface area contributed by atoms with Crippen molar-refractivity contribution >= 4 is 26.0 Å². The molecule has 0 amide bonds. The summed E-state index contributed by atoms with van der Waals surface area (Å²) in [6.07, 6.45) is 1.48. The second-order valence-electron chi connectivity index (χ2n) is 5.90. The summed E-state index contributed by atoms with van der Waals surface area (Å²) in [5.41, 5.74) is 0.497. The third-order valence-corrected chi connectivity index (χ3v) is 6.26. The fourth-order valence-electron chi connectivity index (χ4n) is 2.56. The Morgan fingerprint density at radius 1 is 0.929 bits per heavy atom. The maximum absolute atomic E-state index is 14.3. The van der Waals surface area contributed by atoms with Gasteiger partial charge in [0, 0.05) is 28.8 Å². The Morgan fingerprint density at radius 3 is 2.36 bits per heavy atom. The van der Waals surface area contributed by atoms with Crippen LogP contribution in [0, 0.1) is 17.5 Å². The number of aromatic nitrogens is 1. The molecule has 0 fully saturated rings. The van der Waals surface area contributed by atoms with Crippen LogP contribution in [-0.4, -0.2) is 17.7 Å². The Hall–Kier alpha value is -2.23. The van der Waals surface area contributed by atoms with Crippen LogP contribution in [0.3, 0.4) is 0 Å². The summed E-state index contributed by atoms with van der Waals surface area (Å²) in [6.45, 7) is -0.565. The summed E-state index contributed by atoms with van der Waals surface area (Å²) in [5, 5.41) is 0. The van der Waals surface area contributed by atoms with E-state index in [9.17, 15) is 21.6 Å². The fourth-order valence-corrected chi connectivity index (χ4v) is 4.33. The fraction of sp³-hybridized carbons (Fsp3) is 0.105. The van der Waals surface area contributed by atoms with E-state index in [1.165, 1.54) is 18.3 Å². The number of hydrogen-bond acceptors (Lipinski definition) is 3. The molecule has 9 heteroatoms. The first kappa shape index (κ1) is 20.5. The lowest BCUT2D eigenvalue weighted by molar-refractivity contribution is 0.386. The van der Waals surface area contributed by atoms with Gasteiger partial charge in [-0.3, -0.25) is 4.98 Å². The number of benzene rings is 2. The highest BCUT2D eigenvalue weighted by atomic mass is 79.9. The molecule has 0 saturated heterocycles. The zero-order chi connectivity index (χ0) is 20.3. The largest absolute Gasteiger partial charge is 0.260 e. The van der Waals surface area contributed by atoms with Crippen molar-refractivity contribution in [3.05, 3.63) is 94.0 Å². The Kier molecular flexibility index (Phi) is 6.17. The van der Waals surface area contributed by atoms with Gasteiger partial charge in [-0.05, 0) is 36.4 Å². The summed E-state index contributed by atoms with van der Waals surface area (Å²) in [7, 11) is -4.40. The van der Waals surface area contributed by atoms with Gasteiger partial charge in [-0.2, -0.15) is 4.31 Å². The van der Waals surface area contributed by atoms with E-state index < -0.39 is 32.4 Å². The van der Waals surface area contributed by atoms with Gasteiger partial charge in [0.2, 0.25) is 10.0 Å². The lowest BCUT2D eigenvalue weighted by Crippen LogP contribution is -2.31. The van der Waals surface area contributed by atoms with Crippen molar-refractivity contribution in [3.63, 3.8) is 0 Å². The Balaban J connectivity index is 2.04. The minimum absolute atomic E-state index is 0.102. The lowest BCUT2D eigenvalue weighted by atomic mass is 10.2. The van der Waals surface area contributed by atoms with Crippen LogP contribution in [0.1, 0.15) is 11.3 Å². The maximum atomic E-state index is 14.3. The minimum atomic E-state index is -4.40. The summed E-state index contributed by atoms with van der Waals surface area (Å²) in [4.78, 5) is 3.39. The topological polar surface area (TPSA) is 50.3 Å². The van der Waals surface area contributed by atoms with E-state index in [1.807, 2.05) is 0 Å². The Bertz CT molecular complexity index is 1100. The molecule has 0 unspecified atom stereocenters. The van der Waals surface area contributed by atoms with Gasteiger partial charge in [0.15, 0.2) is 0 Å². The Labute approximate surface area is 168 Å². The van der Waals surface area contributed by atoms with Gasteiger partial charge in [0.05, 0.1) is 12.2 Å². The second kappa shape index (κ2) is 8.42. The van der Waals surface area contributed by atoms with Crippen LogP contribution in [0.2, 0.25) is 0 Å². The van der Waals surface area contributed by atoms with E-state index in [0.717, 1.165) is 16.4 Å². The maximum Gasteiger partial charge on any atom is 0.246 e. The zero-order valence-electron chi connectivity index (χ0n) is 14.3. The first-order valence-corrected chi connectivity index (χ1v) is 10.3. The molecule has 0 bridgehead atoms. The molecule has 0 aliphatic rings. The summed E-state index contributed by atoms with van der Waals surface area (Å²) in [5.74, 6) is -2.73. The lowest BCUT2D eigenvalue weighted by Gasteiger charge is -2.22. The molecule has 1 heterocycles. The zero-order valence-corrected chi connectivity index (χ0v) is 16.7. The van der Waals surface area contributed by atoms with Gasteiger partial charge in [-0.25, -0.2) is 21.6 Å². The third kappa shape index (κ3) is 4.60. The molecule has 1 aromatic heterocycles. The molecule has 0 aliphatic heterocycles. The molecule has 0 spiro atoms. The number of hydrogen-bond donors (Lipinski definition) is 0. The normalized spacial score (nSPS) is 11.8. The number of nitrogens with zero attached hydrogens (tertiary/aromatic N) is 2. The molecule has 3 rings (SSSR count). The number of pyridine rings is 1. The molecule has 3 aromatic rings. The Morgan fingerprint density at radius 2 is 1.71 bits per heavy atom. The molecule has 146 valence electrons. The second-order valence-corrected chi connectivity index (χ2v) is 8.73. The molecule has 0 saturated carbocycles. The van der Waals surface area contributed by atoms with E-state index in [0.29, 0.717) is 16.2 Å².